The average molecular weight is 263 g/mol. The molecule has 15 heavy (non-hydrogen) atoms. The minimum atomic E-state index is -3.71. The van der Waals surface area contributed by atoms with Gasteiger partial charge in [-0.25, -0.2) is 8.42 Å². The Balaban J connectivity index is 2.50. The molecule has 3 nitrogen and oxygen atoms in total. The normalized spacial score (nSPS) is 16.2. The van der Waals surface area contributed by atoms with Crippen LogP contribution in [0.4, 0.5) is 0 Å². The van der Waals surface area contributed by atoms with Crippen LogP contribution in [0, 0.1) is 0 Å². The number of carbonyl (C=O) groups is 1. The molecule has 80 valence electrons. The molecule has 1 aromatic carbocycles. The molecule has 0 amide bonds. The summed E-state index contributed by atoms with van der Waals surface area (Å²) < 4.78 is 22.1. The minimum absolute atomic E-state index is 0.0464. The lowest BCUT2D eigenvalue weighted by Crippen LogP contribution is -2.05. The lowest BCUT2D eigenvalue weighted by molar-refractivity contribution is -0.111. The smallest absolute Gasteiger partial charge is 0.261 e. The van der Waals surface area contributed by atoms with E-state index < -0.39 is 9.05 Å². The van der Waals surface area contributed by atoms with Gasteiger partial charge in [0.15, 0.2) is 5.12 Å². The van der Waals surface area contributed by atoms with Crippen molar-refractivity contribution in [2.45, 2.75) is 22.6 Å². The largest absolute Gasteiger partial charge is 0.287 e. The molecule has 1 aliphatic heterocycles. The fraction of sp³-hybridized carbons (Fsp3) is 0.222. The SMILES string of the molecule is O=C1CCc2ccc(S(=O)(=O)Cl)cc2S1. The van der Waals surface area contributed by atoms with Gasteiger partial charge in [0.1, 0.15) is 0 Å². The monoisotopic (exact) mass is 262 g/mol. The Morgan fingerprint density at radius 2 is 2.00 bits per heavy atom. The van der Waals surface area contributed by atoms with Gasteiger partial charge in [0.25, 0.3) is 9.05 Å². The molecule has 1 aromatic rings. The summed E-state index contributed by atoms with van der Waals surface area (Å²) in [6, 6.07) is 4.64. The van der Waals surface area contributed by atoms with Crippen molar-refractivity contribution in [1.29, 1.82) is 0 Å². The highest BCUT2D eigenvalue weighted by Crippen LogP contribution is 2.33. The third-order valence-corrected chi connectivity index (χ3v) is 4.53. The first kappa shape index (κ1) is 11.0. The van der Waals surface area contributed by atoms with Gasteiger partial charge in [-0.3, -0.25) is 4.79 Å². The predicted octanol–water partition coefficient (Wildman–Crippen LogP) is 2.18. The van der Waals surface area contributed by atoms with Crippen LogP contribution in [-0.2, 0) is 20.3 Å². The van der Waals surface area contributed by atoms with E-state index in [4.69, 9.17) is 10.7 Å². The highest BCUT2D eigenvalue weighted by molar-refractivity contribution is 8.14. The van der Waals surface area contributed by atoms with E-state index in [1.165, 1.54) is 12.1 Å². The van der Waals surface area contributed by atoms with Crippen molar-refractivity contribution in [3.63, 3.8) is 0 Å². The molecule has 0 saturated carbocycles. The maximum atomic E-state index is 11.2. The maximum absolute atomic E-state index is 11.2. The average Bonchev–Trinajstić information content (AvgIpc) is 2.15. The molecule has 1 heterocycles. The zero-order chi connectivity index (χ0) is 11.1. The van der Waals surface area contributed by atoms with Crippen molar-refractivity contribution in [1.82, 2.24) is 0 Å². The van der Waals surface area contributed by atoms with Crippen LogP contribution in [0.5, 0.6) is 0 Å². The fourth-order valence-electron chi connectivity index (χ4n) is 1.40. The van der Waals surface area contributed by atoms with Crippen LogP contribution in [0.2, 0.25) is 0 Å². The minimum Gasteiger partial charge on any atom is -0.287 e. The molecule has 0 fully saturated rings. The van der Waals surface area contributed by atoms with E-state index in [0.717, 1.165) is 17.3 Å². The van der Waals surface area contributed by atoms with Crippen molar-refractivity contribution >= 4 is 36.6 Å². The molecule has 2 rings (SSSR count). The van der Waals surface area contributed by atoms with Gasteiger partial charge in [0, 0.05) is 22.0 Å². The summed E-state index contributed by atoms with van der Waals surface area (Å²) in [5, 5.41) is 0.0617. The lowest BCUT2D eigenvalue weighted by atomic mass is 10.1. The van der Waals surface area contributed by atoms with Crippen molar-refractivity contribution in [2.24, 2.45) is 0 Å². The highest BCUT2D eigenvalue weighted by Gasteiger charge is 2.19. The predicted molar refractivity (Wildman–Crippen MR) is 58.7 cm³/mol. The van der Waals surface area contributed by atoms with E-state index in [2.05, 4.69) is 0 Å². The first-order valence-electron chi connectivity index (χ1n) is 4.25. The molecule has 0 N–H and O–H groups in total. The Bertz CT molecular complexity index is 522. The lowest BCUT2D eigenvalue weighted by Gasteiger charge is -2.14. The van der Waals surface area contributed by atoms with E-state index >= 15 is 0 Å². The van der Waals surface area contributed by atoms with E-state index in [9.17, 15) is 13.2 Å². The van der Waals surface area contributed by atoms with Gasteiger partial charge >= 0.3 is 0 Å². The highest BCUT2D eigenvalue weighted by atomic mass is 35.7. The van der Waals surface area contributed by atoms with Gasteiger partial charge in [0.2, 0.25) is 0 Å². The van der Waals surface area contributed by atoms with Crippen LogP contribution in [0.15, 0.2) is 28.0 Å². The van der Waals surface area contributed by atoms with Gasteiger partial charge in [0.05, 0.1) is 4.90 Å². The summed E-state index contributed by atoms with van der Waals surface area (Å²) in [6.07, 6.45) is 1.18. The summed E-state index contributed by atoms with van der Waals surface area (Å²) in [6.45, 7) is 0. The van der Waals surface area contributed by atoms with Crippen molar-refractivity contribution in [3.8, 4) is 0 Å². The standard InChI is InChI=1S/C9H7ClO3S2/c10-15(12,13)7-3-1-6-2-4-9(11)14-8(6)5-7/h1,3,5H,2,4H2. The summed E-state index contributed by atoms with van der Waals surface area (Å²) in [7, 11) is 1.51. The number of halogens is 1. The third kappa shape index (κ3) is 2.35. The van der Waals surface area contributed by atoms with E-state index in [1.807, 2.05) is 0 Å². The number of hydrogen-bond acceptors (Lipinski definition) is 4. The number of hydrogen-bond donors (Lipinski definition) is 0. The first-order valence-corrected chi connectivity index (χ1v) is 7.38. The summed E-state index contributed by atoms with van der Waals surface area (Å²) in [4.78, 5) is 11.9. The van der Waals surface area contributed by atoms with Crippen LogP contribution in [0.3, 0.4) is 0 Å². The fourth-order valence-corrected chi connectivity index (χ4v) is 3.19. The topological polar surface area (TPSA) is 51.2 Å². The molecule has 0 spiro atoms. The molecular weight excluding hydrogens is 256 g/mol. The zero-order valence-electron chi connectivity index (χ0n) is 7.57. The van der Waals surface area contributed by atoms with Crippen LogP contribution >= 0.6 is 22.4 Å². The molecule has 0 aromatic heterocycles. The van der Waals surface area contributed by atoms with Gasteiger partial charge in [-0.15, -0.1) is 0 Å². The van der Waals surface area contributed by atoms with Gasteiger partial charge in [-0.05, 0) is 24.1 Å². The van der Waals surface area contributed by atoms with Gasteiger partial charge in [-0.2, -0.15) is 0 Å². The van der Waals surface area contributed by atoms with Gasteiger partial charge < -0.3 is 0 Å². The van der Waals surface area contributed by atoms with E-state index in [1.54, 1.807) is 6.07 Å². The zero-order valence-corrected chi connectivity index (χ0v) is 9.95. The number of rotatable bonds is 1. The van der Waals surface area contributed by atoms with Crippen LogP contribution in [-0.4, -0.2) is 13.5 Å². The first-order chi connectivity index (χ1) is 6.97. The summed E-state index contributed by atoms with van der Waals surface area (Å²) in [5.74, 6) is 0. The maximum Gasteiger partial charge on any atom is 0.261 e. The third-order valence-electron chi connectivity index (χ3n) is 2.14. The summed E-state index contributed by atoms with van der Waals surface area (Å²) in [5.41, 5.74) is 1.00. The second kappa shape index (κ2) is 3.81. The summed E-state index contributed by atoms with van der Waals surface area (Å²) >= 11 is 1.08. The second-order valence-corrected chi connectivity index (χ2v) is 6.85. The van der Waals surface area contributed by atoms with E-state index in [-0.39, 0.29) is 10.0 Å². The number of thioether (sulfide) groups is 1. The molecule has 0 saturated heterocycles. The Hall–Kier alpha value is -0.520. The van der Waals surface area contributed by atoms with Crippen LogP contribution < -0.4 is 0 Å². The molecule has 6 heteroatoms. The molecule has 0 aliphatic carbocycles. The molecular formula is C9H7ClO3S2. The molecule has 0 radical (unpaired) electrons. The quantitative estimate of drug-likeness (QED) is 0.728. The Morgan fingerprint density at radius 1 is 1.27 bits per heavy atom. The Labute approximate surface area is 96.2 Å². The molecule has 1 aliphatic rings. The Kier molecular flexibility index (Phi) is 2.79. The molecule has 0 unspecified atom stereocenters. The Morgan fingerprint density at radius 3 is 2.67 bits per heavy atom. The number of benzene rings is 1. The molecule has 0 atom stereocenters. The van der Waals surface area contributed by atoms with E-state index in [0.29, 0.717) is 17.7 Å². The number of aryl methyl sites for hydroxylation is 1. The van der Waals surface area contributed by atoms with Crippen molar-refractivity contribution in [2.75, 3.05) is 0 Å². The van der Waals surface area contributed by atoms with Crippen molar-refractivity contribution in [3.05, 3.63) is 23.8 Å². The number of carbonyl (C=O) groups excluding carboxylic acids is 1. The van der Waals surface area contributed by atoms with Crippen LogP contribution in [0.1, 0.15) is 12.0 Å². The molecule has 0 bridgehead atoms. The second-order valence-electron chi connectivity index (χ2n) is 3.18. The van der Waals surface area contributed by atoms with Gasteiger partial charge in [-0.1, -0.05) is 17.8 Å². The van der Waals surface area contributed by atoms with Crippen molar-refractivity contribution < 1.29 is 13.2 Å². The van der Waals surface area contributed by atoms with Crippen LogP contribution in [0.25, 0.3) is 0 Å². The number of fused-ring (bicyclic) bond motifs is 1.